The average Bonchev–Trinajstić information content (AvgIpc) is 3.13. The molecule has 6 heteroatoms. The summed E-state index contributed by atoms with van der Waals surface area (Å²) in [5.74, 6) is -0.162. The van der Waals surface area contributed by atoms with Gasteiger partial charge in [-0.1, -0.05) is 62.4 Å². The van der Waals surface area contributed by atoms with Crippen molar-refractivity contribution in [1.29, 1.82) is 0 Å². The van der Waals surface area contributed by atoms with E-state index in [-0.39, 0.29) is 29.5 Å². The number of anilines is 1. The number of para-hydroxylation sites is 1. The lowest BCUT2D eigenvalue weighted by Gasteiger charge is -2.13. The molecule has 0 saturated carbocycles. The first kappa shape index (κ1) is 19.4. The van der Waals surface area contributed by atoms with Crippen molar-refractivity contribution in [2.24, 2.45) is 5.92 Å². The fourth-order valence-electron chi connectivity index (χ4n) is 2.71. The van der Waals surface area contributed by atoms with Crippen molar-refractivity contribution in [3.05, 3.63) is 78.0 Å². The van der Waals surface area contributed by atoms with Crippen LogP contribution in [0, 0.1) is 5.92 Å². The molecule has 1 atom stereocenters. The molecule has 2 aromatic carbocycles. The van der Waals surface area contributed by atoms with Crippen LogP contribution in [0.3, 0.4) is 0 Å². The number of nitrogens with one attached hydrogen (secondary N) is 2. The molecule has 0 spiro atoms. The molecular weight excluding hydrogens is 352 g/mol. The van der Waals surface area contributed by atoms with Crippen molar-refractivity contribution in [3.8, 4) is 5.69 Å². The number of carbonyl (C=O) groups excluding carboxylic acids is 2. The topological polar surface area (TPSA) is 76.0 Å². The van der Waals surface area contributed by atoms with Crippen molar-refractivity contribution in [1.82, 2.24) is 15.1 Å². The summed E-state index contributed by atoms with van der Waals surface area (Å²) in [7, 11) is 0. The summed E-state index contributed by atoms with van der Waals surface area (Å²) in [6.07, 6.45) is 0. The minimum Gasteiger partial charge on any atom is -0.344 e. The van der Waals surface area contributed by atoms with Crippen molar-refractivity contribution in [2.75, 3.05) is 5.32 Å². The summed E-state index contributed by atoms with van der Waals surface area (Å²) in [4.78, 5) is 24.9. The predicted octanol–water partition coefficient (Wildman–Crippen LogP) is 3.96. The van der Waals surface area contributed by atoms with Crippen molar-refractivity contribution in [3.63, 3.8) is 0 Å². The standard InChI is InChI=1S/C22H24N4O2/c1-15(2)21(27)24-20-14-19(25-26(20)18-12-8-5-9-13-18)22(28)23-16(3)17-10-6-4-7-11-17/h4-16H,1-3H3,(H,23,28)(H,24,27). The van der Waals surface area contributed by atoms with Crippen molar-refractivity contribution >= 4 is 17.6 Å². The van der Waals surface area contributed by atoms with Crippen LogP contribution in [0.15, 0.2) is 66.7 Å². The van der Waals surface area contributed by atoms with Gasteiger partial charge in [0.2, 0.25) is 5.91 Å². The Labute approximate surface area is 164 Å². The molecule has 0 aliphatic heterocycles. The van der Waals surface area contributed by atoms with E-state index in [0.29, 0.717) is 5.82 Å². The normalized spacial score (nSPS) is 11.9. The summed E-state index contributed by atoms with van der Waals surface area (Å²) in [5.41, 5.74) is 2.01. The van der Waals surface area contributed by atoms with Crippen molar-refractivity contribution < 1.29 is 9.59 Å². The van der Waals surface area contributed by atoms with Gasteiger partial charge in [-0.3, -0.25) is 9.59 Å². The molecule has 1 heterocycles. The van der Waals surface area contributed by atoms with E-state index >= 15 is 0 Å². The second kappa shape index (κ2) is 8.52. The molecule has 0 saturated heterocycles. The van der Waals surface area contributed by atoms with Gasteiger partial charge in [-0.15, -0.1) is 0 Å². The van der Waals surface area contributed by atoms with Gasteiger partial charge in [0.25, 0.3) is 5.91 Å². The number of amides is 2. The quantitative estimate of drug-likeness (QED) is 0.684. The van der Waals surface area contributed by atoms with Crippen LogP contribution in [0.1, 0.15) is 42.9 Å². The highest BCUT2D eigenvalue weighted by Crippen LogP contribution is 2.19. The molecule has 0 bridgehead atoms. The molecule has 144 valence electrons. The second-order valence-corrected chi connectivity index (χ2v) is 6.91. The Morgan fingerprint density at radius 2 is 1.54 bits per heavy atom. The third kappa shape index (κ3) is 4.46. The average molecular weight is 376 g/mol. The van der Waals surface area contributed by atoms with Gasteiger partial charge in [0, 0.05) is 12.0 Å². The van der Waals surface area contributed by atoms with E-state index < -0.39 is 0 Å². The molecule has 0 radical (unpaired) electrons. The van der Waals surface area contributed by atoms with Crippen LogP contribution in [-0.4, -0.2) is 21.6 Å². The smallest absolute Gasteiger partial charge is 0.272 e. The van der Waals surface area contributed by atoms with Gasteiger partial charge in [0.1, 0.15) is 5.82 Å². The third-order valence-electron chi connectivity index (χ3n) is 4.37. The summed E-state index contributed by atoms with van der Waals surface area (Å²) >= 11 is 0. The fourth-order valence-corrected chi connectivity index (χ4v) is 2.71. The molecule has 0 aliphatic rings. The molecule has 3 aromatic rings. The van der Waals surface area contributed by atoms with Crippen LogP contribution in [0.2, 0.25) is 0 Å². The van der Waals surface area contributed by atoms with Crippen LogP contribution >= 0.6 is 0 Å². The summed E-state index contributed by atoms with van der Waals surface area (Å²) in [6.45, 7) is 5.55. The lowest BCUT2D eigenvalue weighted by molar-refractivity contribution is -0.118. The van der Waals surface area contributed by atoms with Crippen LogP contribution in [0.4, 0.5) is 5.82 Å². The molecule has 0 fully saturated rings. The van der Waals surface area contributed by atoms with Gasteiger partial charge in [0.15, 0.2) is 5.69 Å². The Morgan fingerprint density at radius 1 is 0.929 bits per heavy atom. The fraction of sp³-hybridized carbons (Fsp3) is 0.227. The first-order valence-corrected chi connectivity index (χ1v) is 9.28. The zero-order valence-electron chi connectivity index (χ0n) is 16.2. The monoisotopic (exact) mass is 376 g/mol. The lowest BCUT2D eigenvalue weighted by Crippen LogP contribution is -2.27. The minimum atomic E-state index is -0.300. The van der Waals surface area contributed by atoms with Gasteiger partial charge >= 0.3 is 0 Å². The van der Waals surface area contributed by atoms with Crippen molar-refractivity contribution in [2.45, 2.75) is 26.8 Å². The maximum atomic E-state index is 12.7. The van der Waals surface area contributed by atoms with E-state index in [1.165, 1.54) is 0 Å². The zero-order valence-corrected chi connectivity index (χ0v) is 16.2. The van der Waals surface area contributed by atoms with Gasteiger partial charge in [0.05, 0.1) is 11.7 Å². The molecule has 3 rings (SSSR count). The molecule has 2 N–H and O–H groups in total. The van der Waals surface area contributed by atoms with Crippen LogP contribution in [-0.2, 0) is 4.79 Å². The lowest BCUT2D eigenvalue weighted by atomic mass is 10.1. The highest BCUT2D eigenvalue weighted by Gasteiger charge is 2.19. The summed E-state index contributed by atoms with van der Waals surface area (Å²) in [5, 5.41) is 10.2. The number of aromatic nitrogens is 2. The van der Waals surface area contributed by atoms with E-state index in [9.17, 15) is 9.59 Å². The molecule has 1 unspecified atom stereocenters. The Balaban J connectivity index is 1.87. The number of carbonyl (C=O) groups is 2. The first-order valence-electron chi connectivity index (χ1n) is 9.28. The number of rotatable bonds is 6. The van der Waals surface area contributed by atoms with E-state index in [1.807, 2.05) is 81.4 Å². The van der Waals surface area contributed by atoms with Gasteiger partial charge < -0.3 is 10.6 Å². The summed E-state index contributed by atoms with van der Waals surface area (Å²) < 4.78 is 1.57. The van der Waals surface area contributed by atoms with Gasteiger partial charge in [-0.2, -0.15) is 5.10 Å². The first-order chi connectivity index (χ1) is 13.5. The Hall–Kier alpha value is -3.41. The molecule has 28 heavy (non-hydrogen) atoms. The van der Waals surface area contributed by atoms with Crippen LogP contribution < -0.4 is 10.6 Å². The maximum Gasteiger partial charge on any atom is 0.272 e. The third-order valence-corrected chi connectivity index (χ3v) is 4.37. The second-order valence-electron chi connectivity index (χ2n) is 6.91. The van der Waals surface area contributed by atoms with Gasteiger partial charge in [-0.25, -0.2) is 4.68 Å². The highest BCUT2D eigenvalue weighted by molar-refractivity contribution is 5.96. The van der Waals surface area contributed by atoms with Gasteiger partial charge in [-0.05, 0) is 24.6 Å². The SMILES string of the molecule is CC(C)C(=O)Nc1cc(C(=O)NC(C)c2ccccc2)nn1-c1ccccc1. The molecule has 6 nitrogen and oxygen atoms in total. The molecule has 0 aliphatic carbocycles. The summed E-state index contributed by atoms with van der Waals surface area (Å²) in [6, 6.07) is 20.5. The highest BCUT2D eigenvalue weighted by atomic mass is 16.2. The van der Waals surface area contributed by atoms with E-state index in [1.54, 1.807) is 10.7 Å². The Morgan fingerprint density at radius 3 is 2.14 bits per heavy atom. The molecular formula is C22H24N4O2. The van der Waals surface area contributed by atoms with Crippen LogP contribution in [0.5, 0.6) is 0 Å². The number of hydrogen-bond donors (Lipinski definition) is 2. The van der Waals surface area contributed by atoms with E-state index in [2.05, 4.69) is 15.7 Å². The maximum absolute atomic E-state index is 12.7. The molecule has 2 amide bonds. The Kier molecular flexibility index (Phi) is 5.89. The number of nitrogens with zero attached hydrogens (tertiary/aromatic N) is 2. The zero-order chi connectivity index (χ0) is 20.1. The Bertz CT molecular complexity index is 949. The van der Waals surface area contributed by atoms with E-state index in [0.717, 1.165) is 11.3 Å². The predicted molar refractivity (Wildman–Crippen MR) is 109 cm³/mol. The minimum absolute atomic E-state index is 0.137. The van der Waals surface area contributed by atoms with E-state index in [4.69, 9.17) is 0 Å². The largest absolute Gasteiger partial charge is 0.344 e. The molecule has 1 aromatic heterocycles. The van der Waals surface area contributed by atoms with Crippen LogP contribution in [0.25, 0.3) is 5.69 Å². The number of benzene rings is 2. The number of hydrogen-bond acceptors (Lipinski definition) is 3.